The molecule has 1 saturated carbocycles. The van der Waals surface area contributed by atoms with Crippen molar-refractivity contribution in [1.82, 2.24) is 14.2 Å². The number of aromatic nitrogens is 1. The highest BCUT2D eigenvalue weighted by Crippen LogP contribution is 2.30. The van der Waals surface area contributed by atoms with Crippen molar-refractivity contribution in [1.29, 1.82) is 0 Å². The normalized spacial score (nSPS) is 19.2. The van der Waals surface area contributed by atoms with E-state index in [0.29, 0.717) is 17.5 Å². The minimum absolute atomic E-state index is 0.0226. The van der Waals surface area contributed by atoms with Crippen LogP contribution >= 0.6 is 22.9 Å². The number of nitrogens with one attached hydrogen (secondary N) is 1. The van der Waals surface area contributed by atoms with Crippen molar-refractivity contribution in [3.8, 4) is 0 Å². The summed E-state index contributed by atoms with van der Waals surface area (Å²) in [6.07, 6.45) is 7.52. The second-order valence-electron chi connectivity index (χ2n) is 8.58. The van der Waals surface area contributed by atoms with Gasteiger partial charge in [-0.25, -0.2) is 17.8 Å². The van der Waals surface area contributed by atoms with E-state index in [1.165, 1.54) is 22.7 Å². The first-order valence-corrected chi connectivity index (χ1v) is 13.9. The molecule has 184 valence electrons. The summed E-state index contributed by atoms with van der Waals surface area (Å²) >= 11 is 7.05. The van der Waals surface area contributed by atoms with Gasteiger partial charge in [0.25, 0.3) is 0 Å². The summed E-state index contributed by atoms with van der Waals surface area (Å²) in [5.74, 6) is -1.15. The summed E-state index contributed by atoms with van der Waals surface area (Å²) in [5.41, 5.74) is 0. The fraction of sp³-hybridized carbons (Fsp3) is 0.500. The van der Waals surface area contributed by atoms with E-state index in [1.807, 2.05) is 0 Å². The third-order valence-corrected chi connectivity index (χ3v) is 9.19. The van der Waals surface area contributed by atoms with Crippen molar-refractivity contribution < 1.29 is 22.4 Å². The van der Waals surface area contributed by atoms with Gasteiger partial charge in [0.05, 0.1) is 16.5 Å². The topological polar surface area (TPSA) is 99.7 Å². The highest BCUT2D eigenvalue weighted by atomic mass is 35.5. The lowest BCUT2D eigenvalue weighted by Gasteiger charge is -2.39. The van der Waals surface area contributed by atoms with Gasteiger partial charge in [-0.2, -0.15) is 4.31 Å². The number of carbonyl (C=O) groups is 2. The average molecular weight is 529 g/mol. The van der Waals surface area contributed by atoms with E-state index in [-0.39, 0.29) is 28.9 Å². The third-order valence-electron chi connectivity index (χ3n) is 6.37. The Labute approximate surface area is 207 Å². The number of rotatable bonds is 7. The van der Waals surface area contributed by atoms with Gasteiger partial charge in [0.15, 0.2) is 5.13 Å². The number of hydrogen-bond acceptors (Lipinski definition) is 6. The quantitative estimate of drug-likeness (QED) is 0.590. The summed E-state index contributed by atoms with van der Waals surface area (Å²) < 4.78 is 40.6. The van der Waals surface area contributed by atoms with Crippen LogP contribution in [0.15, 0.2) is 34.7 Å². The average Bonchev–Trinajstić information content (AvgIpc) is 3.33. The summed E-state index contributed by atoms with van der Waals surface area (Å²) in [4.78, 5) is 31.7. The molecular formula is C22H26ClFN4O4S2. The first kappa shape index (κ1) is 25.0. The van der Waals surface area contributed by atoms with E-state index in [1.54, 1.807) is 11.6 Å². The molecule has 12 heteroatoms. The molecule has 1 N–H and O–H groups in total. The summed E-state index contributed by atoms with van der Waals surface area (Å²) in [7, 11) is -4.05. The number of halogens is 2. The van der Waals surface area contributed by atoms with Crippen LogP contribution in [0.5, 0.6) is 0 Å². The molecule has 1 atom stereocenters. The highest BCUT2D eigenvalue weighted by Gasteiger charge is 2.39. The second-order valence-corrected chi connectivity index (χ2v) is 11.8. The zero-order chi connectivity index (χ0) is 24.3. The SMILES string of the molecule is O=C(Nc1nccs1)C(CC1CCCCC1)N1CCN(S(=O)(=O)c2ccc(F)c(Cl)c2)CC1=O. The van der Waals surface area contributed by atoms with Crippen molar-refractivity contribution >= 4 is 49.9 Å². The summed E-state index contributed by atoms with van der Waals surface area (Å²) in [6, 6.07) is 2.44. The molecule has 0 bridgehead atoms. The van der Waals surface area contributed by atoms with E-state index in [2.05, 4.69) is 10.3 Å². The number of piperazine rings is 1. The molecule has 8 nitrogen and oxygen atoms in total. The molecule has 1 aromatic heterocycles. The second kappa shape index (κ2) is 10.7. The zero-order valence-electron chi connectivity index (χ0n) is 18.5. The lowest BCUT2D eigenvalue weighted by atomic mass is 9.84. The van der Waals surface area contributed by atoms with E-state index < -0.39 is 34.3 Å². The van der Waals surface area contributed by atoms with Crippen LogP contribution in [0.25, 0.3) is 0 Å². The van der Waals surface area contributed by atoms with Crippen LogP contribution in [0, 0.1) is 11.7 Å². The Bertz CT molecular complexity index is 1140. The maximum Gasteiger partial charge on any atom is 0.248 e. The zero-order valence-corrected chi connectivity index (χ0v) is 20.8. The van der Waals surface area contributed by atoms with Gasteiger partial charge in [0, 0.05) is 24.7 Å². The number of thiazole rings is 1. The molecular weight excluding hydrogens is 503 g/mol. The fourth-order valence-electron chi connectivity index (χ4n) is 4.57. The maximum atomic E-state index is 13.5. The Morgan fingerprint density at radius 1 is 1.26 bits per heavy atom. The van der Waals surface area contributed by atoms with E-state index >= 15 is 0 Å². The molecule has 2 aliphatic rings. The van der Waals surface area contributed by atoms with Crippen LogP contribution in [-0.4, -0.2) is 60.1 Å². The van der Waals surface area contributed by atoms with Crippen molar-refractivity contribution in [2.24, 2.45) is 5.92 Å². The molecule has 1 saturated heterocycles. The molecule has 1 aliphatic heterocycles. The van der Waals surface area contributed by atoms with Crippen molar-refractivity contribution in [2.45, 2.75) is 49.5 Å². The Morgan fingerprint density at radius 2 is 2.03 bits per heavy atom. The Morgan fingerprint density at radius 3 is 2.68 bits per heavy atom. The lowest BCUT2D eigenvalue weighted by molar-refractivity contribution is -0.142. The van der Waals surface area contributed by atoms with E-state index in [0.717, 1.165) is 48.2 Å². The van der Waals surface area contributed by atoms with Gasteiger partial charge in [-0.05, 0) is 30.5 Å². The number of carbonyl (C=O) groups excluding carboxylic acids is 2. The standard InChI is InChI=1S/C22H26ClFN4O4S2/c23-17-13-16(6-7-18(17)24)34(31,32)27-9-10-28(20(29)14-27)19(12-15-4-2-1-3-5-15)21(30)26-22-25-8-11-33-22/h6-8,11,13,15,19H,1-5,9-10,12,14H2,(H,25,26,30). The first-order valence-electron chi connectivity index (χ1n) is 11.2. The van der Waals surface area contributed by atoms with Gasteiger partial charge in [-0.15, -0.1) is 11.3 Å². The fourth-order valence-corrected chi connectivity index (χ4v) is 6.76. The smallest absolute Gasteiger partial charge is 0.248 e. The van der Waals surface area contributed by atoms with E-state index in [9.17, 15) is 22.4 Å². The Balaban J connectivity index is 1.50. The molecule has 34 heavy (non-hydrogen) atoms. The Kier molecular flexibility index (Phi) is 7.86. The minimum atomic E-state index is -4.05. The van der Waals surface area contributed by atoms with E-state index in [4.69, 9.17) is 11.6 Å². The van der Waals surface area contributed by atoms with Crippen molar-refractivity contribution in [3.63, 3.8) is 0 Å². The maximum absolute atomic E-state index is 13.5. The number of hydrogen-bond donors (Lipinski definition) is 1. The number of nitrogens with zero attached hydrogens (tertiary/aromatic N) is 3. The largest absolute Gasteiger partial charge is 0.328 e. The third kappa shape index (κ3) is 5.59. The van der Waals surface area contributed by atoms with Crippen molar-refractivity contribution in [2.75, 3.05) is 25.0 Å². The highest BCUT2D eigenvalue weighted by molar-refractivity contribution is 7.89. The molecule has 1 aromatic carbocycles. The summed E-state index contributed by atoms with van der Waals surface area (Å²) in [5, 5.41) is 4.70. The van der Waals surface area contributed by atoms with Crippen LogP contribution in [-0.2, 0) is 19.6 Å². The molecule has 2 heterocycles. The number of amides is 2. The molecule has 2 fully saturated rings. The van der Waals surface area contributed by atoms with Crippen molar-refractivity contribution in [3.05, 3.63) is 40.6 Å². The Hall–Kier alpha value is -2.08. The van der Waals surface area contributed by atoms with Crippen LogP contribution < -0.4 is 5.32 Å². The molecule has 0 spiro atoms. The number of sulfonamides is 1. The van der Waals surface area contributed by atoms with Gasteiger partial charge in [0.2, 0.25) is 21.8 Å². The monoisotopic (exact) mass is 528 g/mol. The molecule has 1 aliphatic carbocycles. The molecule has 0 radical (unpaired) electrons. The van der Waals surface area contributed by atoms with Crippen LogP contribution in [0.4, 0.5) is 9.52 Å². The van der Waals surface area contributed by atoms with Crippen LogP contribution in [0.2, 0.25) is 5.02 Å². The molecule has 4 rings (SSSR count). The first-order chi connectivity index (χ1) is 16.3. The molecule has 1 unspecified atom stereocenters. The van der Waals surface area contributed by atoms with Crippen LogP contribution in [0.1, 0.15) is 38.5 Å². The molecule has 2 amide bonds. The number of anilines is 1. The van der Waals surface area contributed by atoms with Gasteiger partial charge >= 0.3 is 0 Å². The van der Waals surface area contributed by atoms with Gasteiger partial charge < -0.3 is 10.2 Å². The predicted octanol–water partition coefficient (Wildman–Crippen LogP) is 3.75. The van der Waals surface area contributed by atoms with Gasteiger partial charge in [-0.1, -0.05) is 43.7 Å². The minimum Gasteiger partial charge on any atom is -0.328 e. The predicted molar refractivity (Wildman–Crippen MR) is 128 cm³/mol. The van der Waals surface area contributed by atoms with Gasteiger partial charge in [0.1, 0.15) is 11.9 Å². The summed E-state index contributed by atoms with van der Waals surface area (Å²) in [6.45, 7) is -0.298. The number of benzene rings is 1. The van der Waals surface area contributed by atoms with Crippen LogP contribution in [0.3, 0.4) is 0 Å². The van der Waals surface area contributed by atoms with Gasteiger partial charge in [-0.3, -0.25) is 9.59 Å². The molecule has 2 aromatic rings. The lowest BCUT2D eigenvalue weighted by Crippen LogP contribution is -2.58.